The van der Waals surface area contributed by atoms with Crippen molar-refractivity contribution in [2.24, 2.45) is 11.8 Å². The molecule has 2 saturated heterocycles. The highest BCUT2D eigenvalue weighted by atomic mass is 32.2. The molecule has 8 heteroatoms. The van der Waals surface area contributed by atoms with E-state index in [1.807, 2.05) is 27.7 Å². The van der Waals surface area contributed by atoms with Crippen LogP contribution in [-0.2, 0) is 19.1 Å². The third-order valence-corrected chi connectivity index (χ3v) is 8.22. The van der Waals surface area contributed by atoms with Crippen molar-refractivity contribution in [3.63, 3.8) is 0 Å². The predicted molar refractivity (Wildman–Crippen MR) is 121 cm³/mol. The second-order valence-electron chi connectivity index (χ2n) is 9.02. The largest absolute Gasteiger partial charge is 0.459 e. The lowest BCUT2D eigenvalue weighted by Gasteiger charge is -2.36. The minimum atomic E-state index is -0.420. The van der Waals surface area contributed by atoms with Crippen LogP contribution in [-0.4, -0.2) is 65.9 Å². The Labute approximate surface area is 184 Å². The molecule has 0 aliphatic carbocycles. The fraction of sp³-hybridized carbons (Fsp3) is 0.905. The molecule has 2 heterocycles. The molecule has 0 radical (unpaired) electrons. The smallest absolute Gasteiger partial charge is 0.316 e. The van der Waals surface area contributed by atoms with E-state index in [9.17, 15) is 9.59 Å². The highest BCUT2D eigenvalue weighted by Gasteiger charge is 2.35. The van der Waals surface area contributed by atoms with Crippen LogP contribution < -0.4 is 10.6 Å². The monoisotopic (exact) mass is 446 g/mol. The van der Waals surface area contributed by atoms with Crippen molar-refractivity contribution in [3.8, 4) is 0 Å². The Bertz CT molecular complexity index is 485. The first kappa shape index (κ1) is 24.8. The number of piperidine rings is 2. The lowest BCUT2D eigenvalue weighted by Crippen LogP contribution is -2.43. The standard InChI is InChI=1S/C21H38N2O4S2/c1-20(2,16-5-9-22-10-6-16)26-18(24)13-28-15-29-14-19(25)27-21(3,4)17-7-11-23-12-8-17/h16-17,22-23H,5-15H2,1-4H3. The van der Waals surface area contributed by atoms with Crippen molar-refractivity contribution in [1.29, 1.82) is 0 Å². The molecule has 0 unspecified atom stereocenters. The zero-order valence-electron chi connectivity index (χ0n) is 18.4. The van der Waals surface area contributed by atoms with Gasteiger partial charge < -0.3 is 20.1 Å². The summed E-state index contributed by atoms with van der Waals surface area (Å²) in [6, 6.07) is 0. The molecule has 0 bridgehead atoms. The van der Waals surface area contributed by atoms with Crippen molar-refractivity contribution < 1.29 is 19.1 Å². The number of esters is 2. The number of rotatable bonds is 10. The van der Waals surface area contributed by atoms with Crippen LogP contribution in [0.1, 0.15) is 53.4 Å². The average Bonchev–Trinajstić information content (AvgIpc) is 2.68. The summed E-state index contributed by atoms with van der Waals surface area (Å²) in [6.07, 6.45) is 4.16. The molecule has 2 fully saturated rings. The van der Waals surface area contributed by atoms with Gasteiger partial charge in [-0.3, -0.25) is 9.59 Å². The highest BCUT2D eigenvalue weighted by Crippen LogP contribution is 2.30. The van der Waals surface area contributed by atoms with Gasteiger partial charge in [0.25, 0.3) is 0 Å². The van der Waals surface area contributed by atoms with Gasteiger partial charge in [0.05, 0.1) is 11.5 Å². The fourth-order valence-electron chi connectivity index (χ4n) is 4.16. The van der Waals surface area contributed by atoms with E-state index >= 15 is 0 Å². The van der Waals surface area contributed by atoms with Crippen LogP contribution in [0.25, 0.3) is 0 Å². The maximum Gasteiger partial charge on any atom is 0.316 e. The second kappa shape index (κ2) is 11.8. The molecule has 0 spiro atoms. The van der Waals surface area contributed by atoms with Gasteiger partial charge in [0.2, 0.25) is 0 Å². The lowest BCUT2D eigenvalue weighted by molar-refractivity contribution is -0.160. The average molecular weight is 447 g/mol. The lowest BCUT2D eigenvalue weighted by atomic mass is 9.83. The van der Waals surface area contributed by atoms with E-state index in [0.29, 0.717) is 28.4 Å². The maximum absolute atomic E-state index is 12.2. The summed E-state index contributed by atoms with van der Waals surface area (Å²) < 4.78 is 11.5. The fourth-order valence-corrected chi connectivity index (χ4v) is 5.74. The summed E-state index contributed by atoms with van der Waals surface area (Å²) in [6.45, 7) is 12.0. The highest BCUT2D eigenvalue weighted by molar-refractivity contribution is 8.16. The van der Waals surface area contributed by atoms with Crippen molar-refractivity contribution in [2.75, 3.05) is 42.8 Å². The summed E-state index contributed by atoms with van der Waals surface area (Å²) >= 11 is 2.99. The number of hydrogen-bond donors (Lipinski definition) is 2. The van der Waals surface area contributed by atoms with Gasteiger partial charge in [0.1, 0.15) is 11.2 Å². The van der Waals surface area contributed by atoms with Crippen molar-refractivity contribution in [3.05, 3.63) is 0 Å². The topological polar surface area (TPSA) is 76.7 Å². The first-order valence-electron chi connectivity index (χ1n) is 10.7. The Morgan fingerprint density at radius 3 is 1.45 bits per heavy atom. The SMILES string of the molecule is CC(C)(OC(=O)CSCSCC(=O)OC(C)(C)C1CCNCC1)C1CCNCC1. The third kappa shape index (κ3) is 8.67. The van der Waals surface area contributed by atoms with Gasteiger partial charge in [0.15, 0.2) is 0 Å². The van der Waals surface area contributed by atoms with E-state index < -0.39 is 11.2 Å². The zero-order valence-corrected chi connectivity index (χ0v) is 20.0. The van der Waals surface area contributed by atoms with Gasteiger partial charge in [0, 0.05) is 16.9 Å². The molecule has 0 saturated carbocycles. The number of ether oxygens (including phenoxy) is 2. The number of hydrogen-bond acceptors (Lipinski definition) is 8. The van der Waals surface area contributed by atoms with Crippen LogP contribution >= 0.6 is 23.5 Å². The summed E-state index contributed by atoms with van der Waals surface area (Å²) in [5.74, 6) is 1.10. The molecule has 0 amide bonds. The summed E-state index contributed by atoms with van der Waals surface area (Å²) in [5, 5.41) is 7.36. The quantitative estimate of drug-likeness (QED) is 0.301. The second-order valence-corrected chi connectivity index (χ2v) is 11.4. The minimum absolute atomic E-state index is 0.172. The van der Waals surface area contributed by atoms with Gasteiger partial charge in [-0.2, -0.15) is 0 Å². The van der Waals surface area contributed by atoms with Crippen molar-refractivity contribution in [2.45, 2.75) is 64.6 Å². The van der Waals surface area contributed by atoms with Gasteiger partial charge in [-0.05, 0) is 79.6 Å². The van der Waals surface area contributed by atoms with Gasteiger partial charge in [-0.1, -0.05) is 0 Å². The molecule has 2 aliphatic rings. The molecule has 2 aliphatic heterocycles. The Hall–Kier alpha value is -0.440. The molecular weight excluding hydrogens is 408 g/mol. The number of thioether (sulfide) groups is 2. The summed E-state index contributed by atoms with van der Waals surface area (Å²) in [7, 11) is 0. The van der Waals surface area contributed by atoms with Crippen LogP contribution in [0.2, 0.25) is 0 Å². The van der Waals surface area contributed by atoms with Crippen LogP contribution in [0.3, 0.4) is 0 Å². The molecule has 2 N–H and O–H groups in total. The van der Waals surface area contributed by atoms with Crippen molar-refractivity contribution in [1.82, 2.24) is 10.6 Å². The van der Waals surface area contributed by atoms with Crippen molar-refractivity contribution >= 4 is 35.5 Å². The predicted octanol–water partition coefficient (Wildman–Crippen LogP) is 3.05. The third-order valence-electron chi connectivity index (χ3n) is 6.00. The van der Waals surface area contributed by atoms with Gasteiger partial charge >= 0.3 is 11.9 Å². The van der Waals surface area contributed by atoms with E-state index in [4.69, 9.17) is 9.47 Å². The molecule has 0 aromatic heterocycles. The molecule has 6 nitrogen and oxygen atoms in total. The number of carbonyl (C=O) groups is 2. The normalized spacial score (nSPS) is 19.7. The summed E-state index contributed by atoms with van der Waals surface area (Å²) in [4.78, 5) is 24.4. The molecule has 0 atom stereocenters. The van der Waals surface area contributed by atoms with Gasteiger partial charge in [-0.25, -0.2) is 0 Å². The van der Waals surface area contributed by atoms with Gasteiger partial charge in [-0.15, -0.1) is 23.5 Å². The Kier molecular flexibility index (Phi) is 10.1. The van der Waals surface area contributed by atoms with Crippen LogP contribution in [0.5, 0.6) is 0 Å². The maximum atomic E-state index is 12.2. The summed E-state index contributed by atoms with van der Waals surface area (Å²) in [5.41, 5.74) is -0.839. The Morgan fingerprint density at radius 1 is 0.759 bits per heavy atom. The molecular formula is C21H38N2O4S2. The van der Waals surface area contributed by atoms with Crippen LogP contribution in [0, 0.1) is 11.8 Å². The number of nitrogens with one attached hydrogen (secondary N) is 2. The molecule has 0 aromatic rings. The van der Waals surface area contributed by atoms with E-state index in [-0.39, 0.29) is 11.9 Å². The zero-order chi connectivity index (χ0) is 21.3. The Morgan fingerprint density at radius 2 is 1.10 bits per heavy atom. The molecule has 0 aromatic carbocycles. The molecule has 2 rings (SSSR count). The van der Waals surface area contributed by atoms with Crippen LogP contribution in [0.15, 0.2) is 0 Å². The number of carbonyl (C=O) groups excluding carboxylic acids is 2. The molecule has 29 heavy (non-hydrogen) atoms. The molecule has 168 valence electrons. The first-order valence-corrected chi connectivity index (χ1v) is 13.0. The van der Waals surface area contributed by atoms with E-state index in [0.717, 1.165) is 51.9 Å². The van der Waals surface area contributed by atoms with E-state index in [1.165, 1.54) is 23.5 Å². The van der Waals surface area contributed by atoms with E-state index in [2.05, 4.69) is 10.6 Å². The van der Waals surface area contributed by atoms with E-state index in [1.54, 1.807) is 0 Å². The minimum Gasteiger partial charge on any atom is -0.459 e. The van der Waals surface area contributed by atoms with Crippen LogP contribution in [0.4, 0.5) is 0 Å². The Balaban J connectivity index is 1.58. The first-order chi connectivity index (χ1) is 13.7.